The van der Waals surface area contributed by atoms with E-state index in [0.29, 0.717) is 0 Å². The second-order valence-corrected chi connectivity index (χ2v) is 6.53. The molecule has 3 heteroatoms. The largest absolute Gasteiger partial charge is 0.495 e. The first-order chi connectivity index (χ1) is 10.1. The van der Waals surface area contributed by atoms with Gasteiger partial charge in [-0.2, -0.15) is 0 Å². The molecule has 2 atom stereocenters. The van der Waals surface area contributed by atoms with Gasteiger partial charge in [-0.25, -0.2) is 0 Å². The Hall–Kier alpha value is -1.22. The average Bonchev–Trinajstić information content (AvgIpc) is 2.46. The van der Waals surface area contributed by atoms with Crippen LogP contribution in [0.25, 0.3) is 0 Å². The molecule has 1 saturated heterocycles. The fourth-order valence-corrected chi connectivity index (χ4v) is 3.36. The number of benzene rings is 1. The van der Waals surface area contributed by atoms with Crippen LogP contribution in [0.4, 0.5) is 5.69 Å². The molecular formula is C18H30N2O. The molecule has 2 rings (SSSR count). The minimum atomic E-state index is 0.754. The van der Waals surface area contributed by atoms with Gasteiger partial charge >= 0.3 is 0 Å². The molecule has 0 saturated carbocycles. The molecule has 1 aliphatic rings. The van der Waals surface area contributed by atoms with E-state index in [2.05, 4.69) is 49.2 Å². The first-order valence-corrected chi connectivity index (χ1v) is 8.26. The summed E-state index contributed by atoms with van der Waals surface area (Å²) in [5, 5.41) is 3.45. The van der Waals surface area contributed by atoms with Crippen LogP contribution in [0.1, 0.15) is 39.2 Å². The van der Waals surface area contributed by atoms with E-state index in [4.69, 9.17) is 4.74 Å². The van der Waals surface area contributed by atoms with Crippen LogP contribution >= 0.6 is 0 Å². The Bertz CT molecular complexity index is 437. The molecule has 21 heavy (non-hydrogen) atoms. The van der Waals surface area contributed by atoms with Crippen LogP contribution in [0.3, 0.4) is 0 Å². The van der Waals surface area contributed by atoms with Crippen molar-refractivity contribution in [2.24, 2.45) is 11.8 Å². The van der Waals surface area contributed by atoms with Crippen molar-refractivity contribution < 1.29 is 4.74 Å². The number of piperidine rings is 1. The van der Waals surface area contributed by atoms with Crippen LogP contribution in [0.2, 0.25) is 0 Å². The van der Waals surface area contributed by atoms with Gasteiger partial charge in [0.05, 0.1) is 12.8 Å². The van der Waals surface area contributed by atoms with Gasteiger partial charge in [-0.15, -0.1) is 0 Å². The van der Waals surface area contributed by atoms with Crippen molar-refractivity contribution in [2.45, 2.75) is 40.2 Å². The van der Waals surface area contributed by atoms with Gasteiger partial charge < -0.3 is 15.0 Å². The highest BCUT2D eigenvalue weighted by atomic mass is 16.5. The SMILES string of the molecule is CCCNCc1ccc(N2CC(C)CC(C)C2)c(OC)c1. The molecule has 118 valence electrons. The lowest BCUT2D eigenvalue weighted by Crippen LogP contribution is -2.38. The van der Waals surface area contributed by atoms with E-state index in [1.165, 1.54) is 24.1 Å². The van der Waals surface area contributed by atoms with Crippen LogP contribution in [0.5, 0.6) is 5.75 Å². The van der Waals surface area contributed by atoms with Crippen molar-refractivity contribution in [3.8, 4) is 5.75 Å². The third kappa shape index (κ3) is 4.37. The van der Waals surface area contributed by atoms with E-state index >= 15 is 0 Å². The van der Waals surface area contributed by atoms with Gasteiger partial charge in [-0.3, -0.25) is 0 Å². The summed E-state index contributed by atoms with van der Waals surface area (Å²) in [5.41, 5.74) is 2.54. The third-order valence-corrected chi connectivity index (χ3v) is 4.21. The molecule has 0 radical (unpaired) electrons. The lowest BCUT2D eigenvalue weighted by Gasteiger charge is -2.37. The first kappa shape index (κ1) is 16.2. The highest BCUT2D eigenvalue weighted by molar-refractivity contribution is 5.60. The fourth-order valence-electron chi connectivity index (χ4n) is 3.36. The van der Waals surface area contributed by atoms with Crippen molar-refractivity contribution >= 4 is 5.69 Å². The molecular weight excluding hydrogens is 260 g/mol. The zero-order valence-corrected chi connectivity index (χ0v) is 14.0. The van der Waals surface area contributed by atoms with Gasteiger partial charge in [-0.05, 0) is 48.9 Å². The van der Waals surface area contributed by atoms with E-state index in [9.17, 15) is 0 Å². The summed E-state index contributed by atoms with van der Waals surface area (Å²) in [6.45, 7) is 11.1. The zero-order valence-electron chi connectivity index (χ0n) is 14.0. The van der Waals surface area contributed by atoms with E-state index in [0.717, 1.165) is 43.8 Å². The van der Waals surface area contributed by atoms with Crippen molar-refractivity contribution in [3.05, 3.63) is 23.8 Å². The molecule has 0 amide bonds. The van der Waals surface area contributed by atoms with Crippen LogP contribution < -0.4 is 15.0 Å². The zero-order chi connectivity index (χ0) is 15.2. The van der Waals surface area contributed by atoms with Gasteiger partial charge in [-0.1, -0.05) is 26.8 Å². The maximum absolute atomic E-state index is 5.65. The predicted molar refractivity (Wildman–Crippen MR) is 90.1 cm³/mol. The van der Waals surface area contributed by atoms with E-state index < -0.39 is 0 Å². The Morgan fingerprint density at radius 1 is 1.24 bits per heavy atom. The van der Waals surface area contributed by atoms with Crippen molar-refractivity contribution in [3.63, 3.8) is 0 Å². The Labute approximate surface area is 129 Å². The summed E-state index contributed by atoms with van der Waals surface area (Å²) in [7, 11) is 1.78. The van der Waals surface area contributed by atoms with Crippen LogP contribution in [-0.4, -0.2) is 26.7 Å². The molecule has 1 aromatic carbocycles. The maximum Gasteiger partial charge on any atom is 0.142 e. The van der Waals surface area contributed by atoms with E-state index in [1.54, 1.807) is 7.11 Å². The molecule has 0 spiro atoms. The Balaban J connectivity index is 2.12. The minimum absolute atomic E-state index is 0.754. The number of nitrogens with zero attached hydrogens (tertiary/aromatic N) is 1. The van der Waals surface area contributed by atoms with Gasteiger partial charge in [0, 0.05) is 19.6 Å². The molecule has 1 heterocycles. The average molecular weight is 290 g/mol. The Kier molecular flexibility index (Phi) is 5.92. The van der Waals surface area contributed by atoms with Crippen LogP contribution in [-0.2, 0) is 6.54 Å². The molecule has 1 fully saturated rings. The third-order valence-electron chi connectivity index (χ3n) is 4.21. The summed E-state index contributed by atoms with van der Waals surface area (Å²) >= 11 is 0. The molecule has 0 bridgehead atoms. The summed E-state index contributed by atoms with van der Waals surface area (Å²) in [6.07, 6.45) is 2.50. The lowest BCUT2D eigenvalue weighted by molar-refractivity contribution is 0.351. The number of hydrogen-bond donors (Lipinski definition) is 1. The van der Waals surface area contributed by atoms with E-state index in [1.807, 2.05) is 0 Å². The van der Waals surface area contributed by atoms with Crippen LogP contribution in [0.15, 0.2) is 18.2 Å². The summed E-state index contributed by atoms with van der Waals surface area (Å²) in [4.78, 5) is 2.49. The number of ether oxygens (including phenoxy) is 1. The quantitative estimate of drug-likeness (QED) is 0.809. The monoisotopic (exact) mass is 290 g/mol. The summed E-state index contributed by atoms with van der Waals surface area (Å²) < 4.78 is 5.65. The first-order valence-electron chi connectivity index (χ1n) is 8.26. The minimum Gasteiger partial charge on any atom is -0.495 e. The Morgan fingerprint density at radius 3 is 2.57 bits per heavy atom. The number of methoxy groups -OCH3 is 1. The second kappa shape index (κ2) is 7.69. The highest BCUT2D eigenvalue weighted by Crippen LogP contribution is 2.33. The molecule has 1 aromatic rings. The van der Waals surface area contributed by atoms with Crippen molar-refractivity contribution in [2.75, 3.05) is 31.6 Å². The predicted octanol–water partition coefficient (Wildman–Crippen LogP) is 3.68. The van der Waals surface area contributed by atoms with Crippen molar-refractivity contribution in [1.29, 1.82) is 0 Å². The lowest BCUT2D eigenvalue weighted by atomic mass is 9.91. The topological polar surface area (TPSA) is 24.5 Å². The standard InChI is InChI=1S/C18H30N2O/c1-5-8-19-11-16-6-7-17(18(10-16)21-4)20-12-14(2)9-15(3)13-20/h6-7,10,14-15,19H,5,8-9,11-13H2,1-4H3. The normalized spacial score (nSPS) is 22.4. The molecule has 1 N–H and O–H groups in total. The number of anilines is 1. The van der Waals surface area contributed by atoms with Crippen molar-refractivity contribution in [1.82, 2.24) is 5.32 Å². The second-order valence-electron chi connectivity index (χ2n) is 6.53. The number of rotatable bonds is 6. The smallest absolute Gasteiger partial charge is 0.142 e. The number of nitrogens with one attached hydrogen (secondary N) is 1. The molecule has 2 unspecified atom stereocenters. The highest BCUT2D eigenvalue weighted by Gasteiger charge is 2.23. The van der Waals surface area contributed by atoms with Gasteiger partial charge in [0.1, 0.15) is 5.75 Å². The molecule has 1 aliphatic heterocycles. The van der Waals surface area contributed by atoms with Gasteiger partial charge in [0.25, 0.3) is 0 Å². The maximum atomic E-state index is 5.65. The van der Waals surface area contributed by atoms with Crippen LogP contribution in [0, 0.1) is 11.8 Å². The van der Waals surface area contributed by atoms with Gasteiger partial charge in [0.2, 0.25) is 0 Å². The fraction of sp³-hybridized carbons (Fsp3) is 0.667. The summed E-state index contributed by atoms with van der Waals surface area (Å²) in [6, 6.07) is 6.64. The number of hydrogen-bond acceptors (Lipinski definition) is 3. The summed E-state index contributed by atoms with van der Waals surface area (Å²) in [5.74, 6) is 2.51. The Morgan fingerprint density at radius 2 is 1.95 bits per heavy atom. The molecule has 3 nitrogen and oxygen atoms in total. The molecule has 0 aliphatic carbocycles. The molecule has 0 aromatic heterocycles. The van der Waals surface area contributed by atoms with E-state index in [-0.39, 0.29) is 0 Å². The van der Waals surface area contributed by atoms with Gasteiger partial charge in [0.15, 0.2) is 0 Å².